The van der Waals surface area contributed by atoms with Crippen molar-refractivity contribution in [3.63, 3.8) is 0 Å². The highest BCUT2D eigenvalue weighted by Crippen LogP contribution is 2.27. The van der Waals surface area contributed by atoms with Gasteiger partial charge in [-0.05, 0) is 48.4 Å². The summed E-state index contributed by atoms with van der Waals surface area (Å²) in [7, 11) is 0. The van der Waals surface area contributed by atoms with Gasteiger partial charge in [0.15, 0.2) is 0 Å². The van der Waals surface area contributed by atoms with Crippen LogP contribution in [0.4, 0.5) is 10.5 Å². The Hall–Kier alpha value is -2.05. The number of urea groups is 1. The van der Waals surface area contributed by atoms with E-state index in [9.17, 15) is 4.79 Å². The highest BCUT2D eigenvalue weighted by atomic mass is 32.1. The number of nitrogens with one attached hydrogen (secondary N) is 1. The zero-order valence-corrected chi connectivity index (χ0v) is 14.9. The number of nitrogens with zero attached hydrogens (tertiary/aromatic N) is 1. The molecule has 132 valence electrons. The minimum atomic E-state index is -0.0787. The molecule has 0 bridgehead atoms. The van der Waals surface area contributed by atoms with Crippen molar-refractivity contribution in [2.75, 3.05) is 25.1 Å². The summed E-state index contributed by atoms with van der Waals surface area (Å²) in [5.74, 6) is 0.694. The Labute approximate surface area is 151 Å². The van der Waals surface area contributed by atoms with Crippen LogP contribution in [-0.2, 0) is 17.7 Å². The molecule has 2 aliphatic rings. The quantitative estimate of drug-likeness (QED) is 0.902. The van der Waals surface area contributed by atoms with Crippen LogP contribution in [0, 0.1) is 0 Å². The summed E-state index contributed by atoms with van der Waals surface area (Å²) in [5.41, 5.74) is 1.97. The van der Waals surface area contributed by atoms with E-state index in [0.717, 1.165) is 32.4 Å². The van der Waals surface area contributed by atoms with Crippen molar-refractivity contribution in [2.24, 2.45) is 0 Å². The first-order valence-electron chi connectivity index (χ1n) is 8.74. The monoisotopic (exact) mass is 358 g/mol. The number of hydrogen-bond donors (Lipinski definition) is 1. The summed E-state index contributed by atoms with van der Waals surface area (Å²) in [6.07, 6.45) is 3.21. The average Bonchev–Trinajstić information content (AvgIpc) is 3.31. The van der Waals surface area contributed by atoms with Gasteiger partial charge in [0.05, 0.1) is 11.8 Å². The molecule has 0 saturated carbocycles. The Morgan fingerprint density at radius 1 is 1.36 bits per heavy atom. The number of carbonyl (C=O) groups is 1. The Kier molecular flexibility index (Phi) is 4.90. The van der Waals surface area contributed by atoms with Gasteiger partial charge >= 0.3 is 6.03 Å². The lowest BCUT2D eigenvalue weighted by atomic mass is 10.1. The second-order valence-corrected chi connectivity index (χ2v) is 7.41. The normalized spacial score (nSPS) is 19.5. The van der Waals surface area contributed by atoms with Gasteiger partial charge in [0.2, 0.25) is 0 Å². The fourth-order valence-corrected chi connectivity index (χ4v) is 4.16. The van der Waals surface area contributed by atoms with Crippen molar-refractivity contribution < 1.29 is 14.3 Å². The van der Waals surface area contributed by atoms with Gasteiger partial charge in [-0.2, -0.15) is 0 Å². The van der Waals surface area contributed by atoms with Crippen LogP contribution in [0.25, 0.3) is 0 Å². The number of para-hydroxylation sites is 2. The highest BCUT2D eigenvalue weighted by molar-refractivity contribution is 7.10. The van der Waals surface area contributed by atoms with Gasteiger partial charge in [-0.3, -0.25) is 0 Å². The molecule has 1 saturated heterocycles. The van der Waals surface area contributed by atoms with Gasteiger partial charge in [0.1, 0.15) is 12.4 Å². The van der Waals surface area contributed by atoms with E-state index in [1.54, 1.807) is 11.3 Å². The summed E-state index contributed by atoms with van der Waals surface area (Å²) < 4.78 is 11.5. The van der Waals surface area contributed by atoms with Crippen LogP contribution < -0.4 is 10.1 Å². The number of rotatable bonds is 4. The zero-order chi connectivity index (χ0) is 17.1. The number of hydrogen-bond acceptors (Lipinski definition) is 4. The van der Waals surface area contributed by atoms with E-state index in [4.69, 9.17) is 9.47 Å². The van der Waals surface area contributed by atoms with E-state index in [0.29, 0.717) is 24.6 Å². The summed E-state index contributed by atoms with van der Waals surface area (Å²) in [6.45, 7) is 2.75. The third-order valence-electron chi connectivity index (χ3n) is 4.67. The van der Waals surface area contributed by atoms with E-state index in [1.165, 1.54) is 10.4 Å². The molecule has 1 aromatic heterocycles. The molecule has 1 unspecified atom stereocenters. The summed E-state index contributed by atoms with van der Waals surface area (Å²) in [4.78, 5) is 15.9. The molecule has 4 rings (SSSR count). The second kappa shape index (κ2) is 7.45. The lowest BCUT2D eigenvalue weighted by Crippen LogP contribution is -2.38. The molecule has 0 spiro atoms. The molecular formula is C19H22N2O3S. The number of benzene rings is 1. The SMILES string of the molecule is O=C(Nc1ccccc1OCC1CCCO1)N1CCc2sccc2C1. The Balaban J connectivity index is 1.39. The summed E-state index contributed by atoms with van der Waals surface area (Å²) in [5, 5.41) is 5.10. The molecule has 1 aromatic carbocycles. The first-order chi connectivity index (χ1) is 12.3. The highest BCUT2D eigenvalue weighted by Gasteiger charge is 2.22. The van der Waals surface area contributed by atoms with E-state index in [2.05, 4.69) is 16.8 Å². The zero-order valence-electron chi connectivity index (χ0n) is 14.1. The Morgan fingerprint density at radius 3 is 3.16 bits per heavy atom. The smallest absolute Gasteiger partial charge is 0.322 e. The molecule has 3 heterocycles. The lowest BCUT2D eigenvalue weighted by molar-refractivity contribution is 0.0682. The molecule has 6 heteroatoms. The average molecular weight is 358 g/mol. The molecule has 5 nitrogen and oxygen atoms in total. The fourth-order valence-electron chi connectivity index (χ4n) is 3.27. The molecule has 2 amide bonds. The van der Waals surface area contributed by atoms with Gasteiger partial charge in [-0.25, -0.2) is 4.79 Å². The maximum Gasteiger partial charge on any atom is 0.322 e. The van der Waals surface area contributed by atoms with Gasteiger partial charge in [-0.15, -0.1) is 11.3 Å². The van der Waals surface area contributed by atoms with Crippen molar-refractivity contribution in [2.45, 2.75) is 31.9 Å². The van der Waals surface area contributed by atoms with Crippen molar-refractivity contribution in [3.05, 3.63) is 46.2 Å². The number of ether oxygens (including phenoxy) is 2. The lowest BCUT2D eigenvalue weighted by Gasteiger charge is -2.27. The van der Waals surface area contributed by atoms with Gasteiger partial charge in [0, 0.05) is 24.6 Å². The maximum absolute atomic E-state index is 12.6. The number of fused-ring (bicyclic) bond motifs is 1. The number of thiophene rings is 1. The van der Waals surface area contributed by atoms with Gasteiger partial charge in [-0.1, -0.05) is 12.1 Å². The van der Waals surface area contributed by atoms with Gasteiger partial charge in [0.25, 0.3) is 0 Å². The van der Waals surface area contributed by atoms with E-state index in [1.807, 2.05) is 29.2 Å². The van der Waals surface area contributed by atoms with Crippen molar-refractivity contribution in [1.29, 1.82) is 0 Å². The maximum atomic E-state index is 12.6. The predicted octanol–water partition coefficient (Wildman–Crippen LogP) is 3.90. The van der Waals surface area contributed by atoms with Crippen LogP contribution in [0.2, 0.25) is 0 Å². The third kappa shape index (κ3) is 3.80. The standard InChI is InChI=1S/C19H22N2O3S/c22-19(21-9-7-18-14(12-21)8-11-25-18)20-16-5-1-2-6-17(16)24-13-15-4-3-10-23-15/h1-2,5-6,8,11,15H,3-4,7,9-10,12-13H2,(H,20,22). The molecule has 1 atom stereocenters. The van der Waals surface area contributed by atoms with Crippen LogP contribution in [0.3, 0.4) is 0 Å². The van der Waals surface area contributed by atoms with Crippen LogP contribution in [0.1, 0.15) is 23.3 Å². The minimum Gasteiger partial charge on any atom is -0.489 e. The van der Waals surface area contributed by atoms with Crippen LogP contribution >= 0.6 is 11.3 Å². The molecule has 0 radical (unpaired) electrons. The van der Waals surface area contributed by atoms with E-state index in [-0.39, 0.29) is 12.1 Å². The van der Waals surface area contributed by atoms with Crippen LogP contribution in [0.5, 0.6) is 5.75 Å². The molecule has 2 aliphatic heterocycles. The van der Waals surface area contributed by atoms with Gasteiger partial charge < -0.3 is 19.7 Å². The second-order valence-electron chi connectivity index (χ2n) is 6.41. The molecule has 2 aromatic rings. The van der Waals surface area contributed by atoms with E-state index < -0.39 is 0 Å². The van der Waals surface area contributed by atoms with Crippen molar-refractivity contribution >= 4 is 23.1 Å². The number of anilines is 1. The van der Waals surface area contributed by atoms with Crippen molar-refractivity contribution in [1.82, 2.24) is 4.90 Å². The fraction of sp³-hybridized carbons (Fsp3) is 0.421. The molecular weight excluding hydrogens is 336 g/mol. The molecule has 0 aliphatic carbocycles. The predicted molar refractivity (Wildman–Crippen MR) is 98.4 cm³/mol. The van der Waals surface area contributed by atoms with Crippen LogP contribution in [-0.4, -0.2) is 36.8 Å². The summed E-state index contributed by atoms with van der Waals surface area (Å²) in [6, 6.07) is 9.62. The third-order valence-corrected chi connectivity index (χ3v) is 5.70. The number of amides is 2. The largest absolute Gasteiger partial charge is 0.489 e. The number of carbonyl (C=O) groups excluding carboxylic acids is 1. The molecule has 1 N–H and O–H groups in total. The summed E-state index contributed by atoms with van der Waals surface area (Å²) >= 11 is 1.77. The Bertz CT molecular complexity index is 740. The first kappa shape index (κ1) is 16.4. The Morgan fingerprint density at radius 2 is 2.28 bits per heavy atom. The van der Waals surface area contributed by atoms with E-state index >= 15 is 0 Å². The molecule has 1 fully saturated rings. The van der Waals surface area contributed by atoms with Crippen molar-refractivity contribution in [3.8, 4) is 5.75 Å². The minimum absolute atomic E-state index is 0.0787. The topological polar surface area (TPSA) is 50.8 Å². The molecule has 25 heavy (non-hydrogen) atoms. The first-order valence-corrected chi connectivity index (χ1v) is 9.62. The van der Waals surface area contributed by atoms with Crippen LogP contribution in [0.15, 0.2) is 35.7 Å².